The topological polar surface area (TPSA) is 121 Å². The zero-order valence-corrected chi connectivity index (χ0v) is 23.3. The summed E-state index contributed by atoms with van der Waals surface area (Å²) in [6.07, 6.45) is 4.82. The summed E-state index contributed by atoms with van der Waals surface area (Å²) >= 11 is 0. The van der Waals surface area contributed by atoms with Crippen LogP contribution in [0.2, 0.25) is 0 Å². The zero-order chi connectivity index (χ0) is 29.0. The van der Waals surface area contributed by atoms with E-state index in [4.69, 9.17) is 4.74 Å². The second-order valence-electron chi connectivity index (χ2n) is 11.0. The van der Waals surface area contributed by atoms with Crippen LogP contribution in [0, 0.1) is 13.8 Å². The molecule has 5 rings (SSSR count). The van der Waals surface area contributed by atoms with Gasteiger partial charge in [0.05, 0.1) is 6.42 Å². The first-order valence-electron chi connectivity index (χ1n) is 13.9. The van der Waals surface area contributed by atoms with Crippen LogP contribution in [-0.4, -0.2) is 39.5 Å². The maximum atomic E-state index is 13.5. The number of hydrogen-bond acceptors (Lipinski definition) is 4. The number of aliphatic carboxylic acids is 1. The molecule has 1 fully saturated rings. The zero-order valence-electron chi connectivity index (χ0n) is 23.3. The largest absolute Gasteiger partial charge is 0.480 e. The van der Waals surface area contributed by atoms with Crippen LogP contribution in [0.1, 0.15) is 47.9 Å². The minimum Gasteiger partial charge on any atom is -0.480 e. The summed E-state index contributed by atoms with van der Waals surface area (Å²) < 4.78 is 6.28. The van der Waals surface area contributed by atoms with Gasteiger partial charge in [-0.2, -0.15) is 0 Å². The van der Waals surface area contributed by atoms with E-state index in [0.717, 1.165) is 51.7 Å². The molecule has 1 aliphatic carbocycles. The third-order valence-electron chi connectivity index (χ3n) is 7.59. The Hall–Kier alpha value is -4.59. The number of anilines is 1. The van der Waals surface area contributed by atoms with Crippen molar-refractivity contribution in [3.63, 3.8) is 0 Å². The van der Waals surface area contributed by atoms with Crippen LogP contribution in [0.25, 0.3) is 10.9 Å². The molecule has 1 heterocycles. The Morgan fingerprint density at radius 1 is 0.927 bits per heavy atom. The summed E-state index contributed by atoms with van der Waals surface area (Å²) in [6.45, 7) is 3.98. The highest BCUT2D eigenvalue weighted by atomic mass is 16.5. The Morgan fingerprint density at radius 3 is 2.29 bits per heavy atom. The van der Waals surface area contributed by atoms with Gasteiger partial charge in [0.2, 0.25) is 5.91 Å². The van der Waals surface area contributed by atoms with Gasteiger partial charge < -0.3 is 25.5 Å². The van der Waals surface area contributed by atoms with E-state index < -0.39 is 23.5 Å². The number of rotatable bonds is 10. The molecule has 0 aliphatic heterocycles. The number of aromatic amines is 1. The second kappa shape index (κ2) is 11.9. The molecule has 8 nitrogen and oxygen atoms in total. The molecule has 0 bridgehead atoms. The van der Waals surface area contributed by atoms with Crippen LogP contribution in [0.5, 0.6) is 5.75 Å². The summed E-state index contributed by atoms with van der Waals surface area (Å²) in [5, 5.41) is 16.6. The number of aryl methyl sites for hydroxylation is 2. The highest BCUT2D eigenvalue weighted by molar-refractivity contribution is 5.92. The molecule has 212 valence electrons. The maximum Gasteiger partial charge on any atom is 0.326 e. The fourth-order valence-corrected chi connectivity index (χ4v) is 5.62. The Labute approximate surface area is 239 Å². The number of carbonyl (C=O) groups is 3. The molecule has 0 unspecified atom stereocenters. The minimum atomic E-state index is -1.14. The molecule has 2 amide bonds. The van der Waals surface area contributed by atoms with Gasteiger partial charge >= 0.3 is 5.97 Å². The Balaban J connectivity index is 1.23. The lowest BCUT2D eigenvalue weighted by Crippen LogP contribution is -2.54. The Kier molecular flexibility index (Phi) is 8.10. The fourth-order valence-electron chi connectivity index (χ4n) is 5.62. The number of carboxylic acids is 1. The summed E-state index contributed by atoms with van der Waals surface area (Å²) in [7, 11) is 0. The summed E-state index contributed by atoms with van der Waals surface area (Å²) in [6, 6.07) is 19.6. The van der Waals surface area contributed by atoms with Crippen LogP contribution >= 0.6 is 0 Å². The molecule has 41 heavy (non-hydrogen) atoms. The van der Waals surface area contributed by atoms with Gasteiger partial charge in [-0.3, -0.25) is 9.59 Å². The maximum absolute atomic E-state index is 13.5. The van der Waals surface area contributed by atoms with Crippen molar-refractivity contribution in [2.45, 2.75) is 64.0 Å². The van der Waals surface area contributed by atoms with Crippen LogP contribution in [0.3, 0.4) is 0 Å². The SMILES string of the molecule is Cc1cc(C)cc(NC(=O)Cc2ccc(OC3(C(=O)N[C@@H](Cc4ccc5[nH]ccc5c4)C(=O)O)CCCC3)cc2)c1. The molecule has 0 saturated heterocycles. The number of ether oxygens (including phenoxy) is 1. The van der Waals surface area contributed by atoms with E-state index in [9.17, 15) is 19.5 Å². The average Bonchev–Trinajstić information content (AvgIpc) is 3.59. The van der Waals surface area contributed by atoms with E-state index in [1.807, 2.05) is 68.6 Å². The molecule has 0 spiro atoms. The second-order valence-corrected chi connectivity index (χ2v) is 11.0. The monoisotopic (exact) mass is 553 g/mol. The van der Waals surface area contributed by atoms with Crippen molar-refractivity contribution in [3.05, 3.63) is 95.2 Å². The van der Waals surface area contributed by atoms with Crippen LogP contribution < -0.4 is 15.4 Å². The van der Waals surface area contributed by atoms with Gasteiger partial charge in [-0.1, -0.05) is 24.3 Å². The fraction of sp³-hybridized carbons (Fsp3) is 0.303. The number of amides is 2. The van der Waals surface area contributed by atoms with Gasteiger partial charge in [0.15, 0.2) is 5.60 Å². The van der Waals surface area contributed by atoms with Crippen molar-refractivity contribution in [2.75, 3.05) is 5.32 Å². The quantitative estimate of drug-likeness (QED) is 0.208. The minimum absolute atomic E-state index is 0.120. The Morgan fingerprint density at radius 2 is 1.61 bits per heavy atom. The van der Waals surface area contributed by atoms with E-state index in [1.54, 1.807) is 12.1 Å². The average molecular weight is 554 g/mol. The Bertz CT molecular complexity index is 1550. The number of H-pyrrole nitrogens is 1. The molecular formula is C33H35N3O5. The van der Waals surface area contributed by atoms with Crippen molar-refractivity contribution in [2.24, 2.45) is 0 Å². The van der Waals surface area contributed by atoms with Crippen molar-refractivity contribution >= 4 is 34.4 Å². The summed E-state index contributed by atoms with van der Waals surface area (Å²) in [5.41, 5.74) is 4.40. The van der Waals surface area contributed by atoms with Crippen molar-refractivity contribution in [3.8, 4) is 5.75 Å². The lowest BCUT2D eigenvalue weighted by molar-refractivity contribution is -0.145. The molecule has 3 aromatic carbocycles. The number of carbonyl (C=O) groups excluding carboxylic acids is 2. The smallest absolute Gasteiger partial charge is 0.326 e. The number of hydrogen-bond donors (Lipinski definition) is 4. The lowest BCUT2D eigenvalue weighted by atomic mass is 9.98. The number of aromatic nitrogens is 1. The van der Waals surface area contributed by atoms with Gasteiger partial charge in [0, 0.05) is 23.8 Å². The molecule has 0 radical (unpaired) electrons. The predicted molar refractivity (Wildman–Crippen MR) is 158 cm³/mol. The highest BCUT2D eigenvalue weighted by Gasteiger charge is 2.45. The van der Waals surface area contributed by atoms with E-state index in [-0.39, 0.29) is 18.7 Å². The first-order chi connectivity index (χ1) is 19.7. The molecule has 1 aromatic heterocycles. The molecule has 8 heteroatoms. The predicted octanol–water partition coefficient (Wildman–Crippen LogP) is 5.47. The van der Waals surface area contributed by atoms with Crippen molar-refractivity contribution in [1.29, 1.82) is 0 Å². The summed E-state index contributed by atoms with van der Waals surface area (Å²) in [4.78, 5) is 41.4. The van der Waals surface area contributed by atoms with Crippen LogP contribution in [0.4, 0.5) is 5.69 Å². The van der Waals surface area contributed by atoms with Gasteiger partial charge in [-0.05, 0) is 110 Å². The summed E-state index contributed by atoms with van der Waals surface area (Å²) in [5.74, 6) is -1.12. The third kappa shape index (κ3) is 6.77. The van der Waals surface area contributed by atoms with E-state index in [1.165, 1.54) is 0 Å². The number of benzene rings is 3. The molecule has 4 N–H and O–H groups in total. The first kappa shape index (κ1) is 28.0. The number of carboxylic acid groups (broad SMARTS) is 1. The number of nitrogens with one attached hydrogen (secondary N) is 3. The first-order valence-corrected chi connectivity index (χ1v) is 13.9. The van der Waals surface area contributed by atoms with Crippen molar-refractivity contribution in [1.82, 2.24) is 10.3 Å². The molecular weight excluding hydrogens is 518 g/mol. The van der Waals surface area contributed by atoms with E-state index in [0.29, 0.717) is 18.6 Å². The molecule has 1 aliphatic rings. The van der Waals surface area contributed by atoms with Crippen molar-refractivity contribution < 1.29 is 24.2 Å². The van der Waals surface area contributed by atoms with Gasteiger partial charge in [-0.15, -0.1) is 0 Å². The van der Waals surface area contributed by atoms with Gasteiger partial charge in [-0.25, -0.2) is 4.79 Å². The molecule has 4 aromatic rings. The van der Waals surface area contributed by atoms with Crippen LogP contribution in [0.15, 0.2) is 72.9 Å². The van der Waals surface area contributed by atoms with E-state index >= 15 is 0 Å². The van der Waals surface area contributed by atoms with E-state index in [2.05, 4.69) is 21.7 Å². The number of fused-ring (bicyclic) bond motifs is 1. The molecule has 1 atom stereocenters. The van der Waals surface area contributed by atoms with Crippen LogP contribution in [-0.2, 0) is 27.2 Å². The normalized spacial score (nSPS) is 14.9. The molecule has 1 saturated carbocycles. The highest BCUT2D eigenvalue weighted by Crippen LogP contribution is 2.35. The standard InChI is InChI=1S/C33H35N3O5/c1-21-15-22(2)17-26(16-21)35-30(37)20-23-5-8-27(9-6-23)41-33(12-3-4-13-33)32(40)36-29(31(38)39)19-24-7-10-28-25(18-24)11-14-34-28/h5-11,14-18,29,34H,3-4,12-13,19-20H2,1-2H3,(H,35,37)(H,36,40)(H,38,39)/t29-/m0/s1. The van der Waals surface area contributed by atoms with Gasteiger partial charge in [0.25, 0.3) is 5.91 Å². The third-order valence-corrected chi connectivity index (χ3v) is 7.59. The van der Waals surface area contributed by atoms with Gasteiger partial charge in [0.1, 0.15) is 11.8 Å². The lowest BCUT2D eigenvalue weighted by Gasteiger charge is -2.30.